The summed E-state index contributed by atoms with van der Waals surface area (Å²) in [6.45, 7) is 4.49. The molecule has 0 bridgehead atoms. The van der Waals surface area contributed by atoms with Gasteiger partial charge in [0.2, 0.25) is 5.75 Å². The highest BCUT2D eigenvalue weighted by Gasteiger charge is 2.20. The number of nitrogens with zero attached hydrogens (tertiary/aromatic N) is 2. The summed E-state index contributed by atoms with van der Waals surface area (Å²) in [6.07, 6.45) is 32.1. The van der Waals surface area contributed by atoms with Crippen LogP contribution in [0.4, 0.5) is 11.4 Å². The Balaban J connectivity index is 0.000000540. The van der Waals surface area contributed by atoms with E-state index in [4.69, 9.17) is 4.74 Å². The molecule has 1 unspecified atom stereocenters. The molecule has 0 saturated carbocycles. The van der Waals surface area contributed by atoms with Crippen LogP contribution in [0.15, 0.2) is 48.5 Å². The molecule has 0 saturated heterocycles. The fourth-order valence-electron chi connectivity index (χ4n) is 6.61. The van der Waals surface area contributed by atoms with E-state index in [1.54, 1.807) is 24.3 Å². The van der Waals surface area contributed by atoms with Gasteiger partial charge in [-0.25, -0.2) is 0 Å². The Labute approximate surface area is 325 Å². The molecule has 0 radical (unpaired) electrons. The Kier molecular flexibility index (Phi) is 29.1. The fourth-order valence-corrected chi connectivity index (χ4v) is 6.61. The van der Waals surface area contributed by atoms with Gasteiger partial charge in [-0.3, -0.25) is 29.8 Å². The molecule has 10 heteroatoms. The van der Waals surface area contributed by atoms with Crippen molar-refractivity contribution in [2.75, 3.05) is 0 Å². The Morgan fingerprint density at radius 1 is 0.574 bits per heavy atom. The summed E-state index contributed by atoms with van der Waals surface area (Å²) in [5.41, 5.74) is 0.473. The molecular formula is C44H70N2O8. The van der Waals surface area contributed by atoms with Crippen LogP contribution in [-0.2, 0) is 9.59 Å². The summed E-state index contributed by atoms with van der Waals surface area (Å²) in [5.74, 6) is -1.80. The summed E-state index contributed by atoms with van der Waals surface area (Å²) < 4.78 is 5.13. The number of benzene rings is 2. The zero-order chi connectivity index (χ0) is 39.7. The van der Waals surface area contributed by atoms with Gasteiger partial charge in [0.05, 0.1) is 15.8 Å². The van der Waals surface area contributed by atoms with Crippen molar-refractivity contribution in [2.45, 2.75) is 193 Å². The Morgan fingerprint density at radius 2 is 0.981 bits per heavy atom. The molecule has 0 aromatic heterocycles. The lowest BCUT2D eigenvalue weighted by Gasteiger charge is -2.12. The molecule has 0 aliphatic heterocycles. The lowest BCUT2D eigenvalue weighted by Crippen LogP contribution is -2.11. The highest BCUT2D eigenvalue weighted by atomic mass is 16.6. The van der Waals surface area contributed by atoms with Crippen LogP contribution in [-0.4, -0.2) is 26.9 Å². The van der Waals surface area contributed by atoms with Gasteiger partial charge in [0.1, 0.15) is 0 Å². The van der Waals surface area contributed by atoms with Gasteiger partial charge in [0, 0.05) is 24.6 Å². The van der Waals surface area contributed by atoms with Crippen molar-refractivity contribution < 1.29 is 29.3 Å². The molecule has 2 aromatic rings. The summed E-state index contributed by atoms with van der Waals surface area (Å²) in [4.78, 5) is 44.0. The van der Waals surface area contributed by atoms with Gasteiger partial charge in [-0.1, -0.05) is 192 Å². The summed E-state index contributed by atoms with van der Waals surface area (Å²) in [7, 11) is 0. The maximum atomic E-state index is 11.8. The maximum absolute atomic E-state index is 11.8. The first kappa shape index (κ1) is 48.2. The van der Waals surface area contributed by atoms with Crippen LogP contribution in [0.25, 0.3) is 0 Å². The maximum Gasteiger partial charge on any atom is 0.311 e. The number of carboxylic acids is 1. The number of aliphatic carboxylic acids is 1. The minimum Gasteiger partial charge on any atom is -0.481 e. The van der Waals surface area contributed by atoms with Gasteiger partial charge in [-0.05, 0) is 24.5 Å². The van der Waals surface area contributed by atoms with Crippen LogP contribution in [0.3, 0.4) is 0 Å². The quantitative estimate of drug-likeness (QED) is 0.0255. The number of non-ortho nitro benzene ring substituents is 1. The third kappa shape index (κ3) is 24.5. The molecule has 10 nitrogen and oxygen atoms in total. The molecule has 0 aliphatic rings. The molecule has 1 atom stereocenters. The number of esters is 1. The molecule has 0 amide bonds. The van der Waals surface area contributed by atoms with Crippen molar-refractivity contribution in [1.29, 1.82) is 0 Å². The predicted octanol–water partition coefficient (Wildman–Crippen LogP) is 13.8. The number of carbonyl (C=O) groups excluding carboxylic acids is 1. The molecule has 1 N–H and O–H groups in total. The van der Waals surface area contributed by atoms with E-state index in [1.165, 1.54) is 146 Å². The zero-order valence-corrected chi connectivity index (χ0v) is 33.5. The molecule has 304 valence electrons. The minimum absolute atomic E-state index is 0.00625. The first-order valence-corrected chi connectivity index (χ1v) is 21.1. The SMILES string of the molecule is CCCCCCCCCCCCCCC(C(=O)O)c1ccc([N+](=O)[O-])cc1.CCCCCCCCCCCCCCCC(=O)Oc1ccccc1[N+](=O)[O-]. The standard InChI is InChI=1S/2C22H35NO4/c1-2-3-4-5-6-7-8-9-10-11-12-13-14-21(22(24)25)19-15-17-20(18-16-19)23(26)27;1-2-3-4-5-6-7-8-9-10-11-12-13-14-19-22(24)27-21-18-16-15-17-20(21)23(25)26/h15-18,21H,2-14H2,1H3,(H,24,25);15-18H,2-14,19H2,1H3. The van der Waals surface area contributed by atoms with Crippen molar-refractivity contribution >= 4 is 23.3 Å². The smallest absolute Gasteiger partial charge is 0.311 e. The summed E-state index contributed by atoms with van der Waals surface area (Å²) in [6, 6.07) is 11.9. The molecular weight excluding hydrogens is 684 g/mol. The summed E-state index contributed by atoms with van der Waals surface area (Å²) in [5, 5.41) is 31.1. The topological polar surface area (TPSA) is 150 Å². The third-order valence-electron chi connectivity index (χ3n) is 9.92. The van der Waals surface area contributed by atoms with E-state index >= 15 is 0 Å². The van der Waals surface area contributed by atoms with Crippen LogP contribution in [0, 0.1) is 20.2 Å². The predicted molar refractivity (Wildman–Crippen MR) is 218 cm³/mol. The van der Waals surface area contributed by atoms with E-state index < -0.39 is 27.7 Å². The number of rotatable bonds is 32. The van der Waals surface area contributed by atoms with E-state index in [1.807, 2.05) is 0 Å². The first-order chi connectivity index (χ1) is 26.2. The van der Waals surface area contributed by atoms with Crippen LogP contribution in [0.5, 0.6) is 5.75 Å². The minimum atomic E-state index is -0.855. The number of nitro benzene ring substituents is 2. The largest absolute Gasteiger partial charge is 0.481 e. The normalized spacial score (nSPS) is 11.4. The zero-order valence-electron chi connectivity index (χ0n) is 33.5. The molecule has 2 rings (SSSR count). The Hall–Kier alpha value is -3.82. The van der Waals surface area contributed by atoms with Crippen molar-refractivity contribution in [3.05, 3.63) is 74.3 Å². The molecule has 54 heavy (non-hydrogen) atoms. The van der Waals surface area contributed by atoms with Crippen LogP contribution in [0.2, 0.25) is 0 Å². The number of hydrogen-bond acceptors (Lipinski definition) is 7. The van der Waals surface area contributed by atoms with E-state index in [2.05, 4.69) is 13.8 Å². The Morgan fingerprint density at radius 3 is 1.39 bits per heavy atom. The highest BCUT2D eigenvalue weighted by molar-refractivity contribution is 5.76. The fraction of sp³-hybridized carbons (Fsp3) is 0.682. The van der Waals surface area contributed by atoms with Crippen molar-refractivity contribution in [2.24, 2.45) is 0 Å². The third-order valence-corrected chi connectivity index (χ3v) is 9.92. The van der Waals surface area contributed by atoms with Gasteiger partial charge in [-0.2, -0.15) is 0 Å². The van der Waals surface area contributed by atoms with Gasteiger partial charge in [0.25, 0.3) is 5.69 Å². The van der Waals surface area contributed by atoms with Crippen LogP contribution in [0.1, 0.15) is 199 Å². The van der Waals surface area contributed by atoms with Crippen molar-refractivity contribution in [3.8, 4) is 5.75 Å². The number of unbranched alkanes of at least 4 members (excludes halogenated alkanes) is 23. The first-order valence-electron chi connectivity index (χ1n) is 21.1. The van der Waals surface area contributed by atoms with E-state index in [0.717, 1.165) is 38.5 Å². The van der Waals surface area contributed by atoms with Crippen molar-refractivity contribution in [3.63, 3.8) is 0 Å². The number of carboxylic acid groups (broad SMARTS) is 1. The molecule has 0 spiro atoms. The number of nitro groups is 2. The highest BCUT2D eigenvalue weighted by Crippen LogP contribution is 2.27. The molecule has 0 fully saturated rings. The number of para-hydroxylation sites is 2. The second-order valence-corrected chi connectivity index (χ2v) is 14.6. The van der Waals surface area contributed by atoms with E-state index in [0.29, 0.717) is 18.4 Å². The second kappa shape index (κ2) is 32.6. The van der Waals surface area contributed by atoms with E-state index in [-0.39, 0.29) is 17.1 Å². The molecule has 0 heterocycles. The van der Waals surface area contributed by atoms with Crippen LogP contribution < -0.4 is 4.74 Å². The number of ether oxygens (including phenoxy) is 1. The van der Waals surface area contributed by atoms with Gasteiger partial charge >= 0.3 is 17.6 Å². The average molecular weight is 755 g/mol. The molecule has 2 aromatic carbocycles. The Bertz CT molecular complexity index is 1280. The van der Waals surface area contributed by atoms with Crippen LogP contribution >= 0.6 is 0 Å². The lowest BCUT2D eigenvalue weighted by atomic mass is 9.92. The van der Waals surface area contributed by atoms with Gasteiger partial charge < -0.3 is 9.84 Å². The second-order valence-electron chi connectivity index (χ2n) is 14.6. The van der Waals surface area contributed by atoms with Gasteiger partial charge in [-0.15, -0.1) is 0 Å². The van der Waals surface area contributed by atoms with Gasteiger partial charge in [0.15, 0.2) is 0 Å². The number of hydrogen-bond donors (Lipinski definition) is 1. The van der Waals surface area contributed by atoms with E-state index in [9.17, 15) is 34.9 Å². The average Bonchev–Trinajstić information content (AvgIpc) is 3.15. The lowest BCUT2D eigenvalue weighted by molar-refractivity contribution is -0.385. The monoisotopic (exact) mass is 755 g/mol. The molecule has 0 aliphatic carbocycles. The van der Waals surface area contributed by atoms with Crippen molar-refractivity contribution in [1.82, 2.24) is 0 Å². The number of carbonyl (C=O) groups is 2. The summed E-state index contributed by atoms with van der Waals surface area (Å²) >= 11 is 0.